The molecule has 1 heterocycles. The van der Waals surface area contributed by atoms with Crippen LogP contribution < -0.4 is 14.8 Å². The van der Waals surface area contributed by atoms with Crippen LogP contribution in [0, 0.1) is 6.92 Å². The summed E-state index contributed by atoms with van der Waals surface area (Å²) in [7, 11) is -3.02. The molecular formula is C17H22N6O6S. The van der Waals surface area contributed by atoms with Crippen LogP contribution in [0.15, 0.2) is 34.3 Å². The first-order chi connectivity index (χ1) is 14.3. The van der Waals surface area contributed by atoms with E-state index in [9.17, 15) is 13.2 Å². The number of aromatic nitrogens is 3. The lowest BCUT2D eigenvalue weighted by Gasteiger charge is -2.13. The number of benzene rings is 1. The van der Waals surface area contributed by atoms with Gasteiger partial charge >= 0.3 is 12.0 Å². The van der Waals surface area contributed by atoms with Crippen molar-refractivity contribution >= 4 is 27.9 Å². The number of hydrogen-bond acceptors (Lipinski definition) is 10. The van der Waals surface area contributed by atoms with Crippen LogP contribution in [0.1, 0.15) is 30.0 Å². The number of sulfonamides is 1. The molecule has 0 aliphatic rings. The third-order valence-corrected chi connectivity index (χ3v) is 4.71. The van der Waals surface area contributed by atoms with E-state index in [1.165, 1.54) is 31.4 Å². The Hall–Kier alpha value is -3.48. The van der Waals surface area contributed by atoms with Gasteiger partial charge in [-0.15, -0.1) is 0 Å². The number of anilines is 1. The molecule has 0 spiro atoms. The molecule has 0 radical (unpaired) electrons. The molecule has 0 bridgehead atoms. The Bertz CT molecular complexity index is 1030. The van der Waals surface area contributed by atoms with E-state index in [2.05, 4.69) is 35.0 Å². The Morgan fingerprint density at radius 2 is 1.87 bits per heavy atom. The number of carbonyl (C=O) groups is 1. The molecule has 0 amide bonds. The maximum absolute atomic E-state index is 12.9. The molecule has 0 unspecified atom stereocenters. The first-order valence-corrected chi connectivity index (χ1v) is 10.3. The Kier molecular flexibility index (Phi) is 7.86. The largest absolute Gasteiger partial charge is 0.464 e. The third-order valence-electron chi connectivity index (χ3n) is 3.32. The number of carbonyl (C=O) groups excluding carboxylic acids is 1. The summed E-state index contributed by atoms with van der Waals surface area (Å²) in [5, 5.41) is 6.20. The fourth-order valence-corrected chi connectivity index (χ4v) is 3.38. The van der Waals surface area contributed by atoms with Crippen molar-refractivity contribution in [3.8, 4) is 6.01 Å². The number of esters is 1. The minimum atomic E-state index is -4.25. The summed E-state index contributed by atoms with van der Waals surface area (Å²) in [5.41, 5.74) is -0.127. The molecule has 2 N–H and O–H groups in total. The number of aryl methyl sites for hydroxylation is 1. The lowest BCUT2D eigenvalue weighted by atomic mass is 10.2. The monoisotopic (exact) mass is 438 g/mol. The standard InChI is InChI=1S/C17H22N6O6S/c1-5-28-14(24)12-9-7-8-10-13(12)30(25,26)23-16(22-27-4)20-15-18-11(3)19-17(21-15)29-6-2/h7-10H,5-6H2,1-4H3,(H2,18,19,20,21,22,23). The highest BCUT2D eigenvalue weighted by atomic mass is 32.2. The Balaban J connectivity index is 2.34. The summed E-state index contributed by atoms with van der Waals surface area (Å²) in [6.07, 6.45) is 0. The van der Waals surface area contributed by atoms with Gasteiger partial charge in [0, 0.05) is 0 Å². The van der Waals surface area contributed by atoms with Gasteiger partial charge in [0.2, 0.25) is 5.95 Å². The van der Waals surface area contributed by atoms with Crippen molar-refractivity contribution in [2.75, 3.05) is 25.6 Å². The van der Waals surface area contributed by atoms with Crippen molar-refractivity contribution in [2.24, 2.45) is 5.16 Å². The molecule has 0 atom stereocenters. The van der Waals surface area contributed by atoms with Crippen molar-refractivity contribution in [2.45, 2.75) is 25.7 Å². The van der Waals surface area contributed by atoms with Crippen molar-refractivity contribution in [1.29, 1.82) is 0 Å². The molecule has 1 aromatic heterocycles. The van der Waals surface area contributed by atoms with Gasteiger partial charge in [-0.3, -0.25) is 5.32 Å². The fraction of sp³-hybridized carbons (Fsp3) is 0.353. The number of oxime groups is 1. The second-order valence-corrected chi connectivity index (χ2v) is 7.14. The summed E-state index contributed by atoms with van der Waals surface area (Å²) in [6, 6.07) is 5.66. The molecule has 0 saturated carbocycles. The molecule has 2 rings (SSSR count). The molecule has 0 aliphatic heterocycles. The predicted octanol–water partition coefficient (Wildman–Crippen LogP) is 1.06. The van der Waals surface area contributed by atoms with Gasteiger partial charge in [0.25, 0.3) is 16.0 Å². The average molecular weight is 438 g/mol. The van der Waals surface area contributed by atoms with E-state index in [-0.39, 0.29) is 35.0 Å². The zero-order valence-corrected chi connectivity index (χ0v) is 17.7. The predicted molar refractivity (Wildman–Crippen MR) is 107 cm³/mol. The van der Waals surface area contributed by atoms with E-state index >= 15 is 0 Å². The Morgan fingerprint density at radius 3 is 2.53 bits per heavy atom. The normalized spacial score (nSPS) is 11.5. The number of guanidine groups is 1. The highest BCUT2D eigenvalue weighted by Crippen LogP contribution is 2.17. The topological polar surface area (TPSA) is 154 Å². The first kappa shape index (κ1) is 22.8. The highest BCUT2D eigenvalue weighted by molar-refractivity contribution is 7.90. The average Bonchev–Trinajstić information content (AvgIpc) is 2.68. The van der Waals surface area contributed by atoms with Crippen molar-refractivity contribution < 1.29 is 27.5 Å². The minimum absolute atomic E-state index is 0.0249. The van der Waals surface area contributed by atoms with Crippen LogP contribution in [-0.2, 0) is 19.6 Å². The van der Waals surface area contributed by atoms with Gasteiger partial charge in [0.05, 0.1) is 18.8 Å². The molecular weight excluding hydrogens is 416 g/mol. The van der Waals surface area contributed by atoms with Gasteiger partial charge in [-0.2, -0.15) is 15.0 Å². The van der Waals surface area contributed by atoms with Gasteiger partial charge in [0.1, 0.15) is 17.8 Å². The molecule has 30 heavy (non-hydrogen) atoms. The van der Waals surface area contributed by atoms with Crippen LogP contribution in [-0.4, -0.2) is 55.6 Å². The van der Waals surface area contributed by atoms with Gasteiger partial charge in [-0.25, -0.2) is 17.9 Å². The zero-order valence-electron chi connectivity index (χ0n) is 16.9. The van der Waals surface area contributed by atoms with Crippen molar-refractivity contribution in [3.63, 3.8) is 0 Å². The Labute approximate surface area is 173 Å². The molecule has 0 saturated heterocycles. The molecule has 1 aromatic carbocycles. The molecule has 0 fully saturated rings. The van der Waals surface area contributed by atoms with Gasteiger partial charge < -0.3 is 14.3 Å². The second kappa shape index (κ2) is 10.3. The highest BCUT2D eigenvalue weighted by Gasteiger charge is 2.25. The quantitative estimate of drug-likeness (QED) is 0.265. The van der Waals surface area contributed by atoms with Crippen LogP contribution in [0.5, 0.6) is 6.01 Å². The summed E-state index contributed by atoms with van der Waals surface area (Å²) in [4.78, 5) is 28.6. The lowest BCUT2D eigenvalue weighted by Crippen LogP contribution is -2.37. The molecule has 12 nitrogen and oxygen atoms in total. The first-order valence-electron chi connectivity index (χ1n) is 8.83. The molecule has 2 aromatic rings. The van der Waals surface area contributed by atoms with E-state index < -0.39 is 16.0 Å². The summed E-state index contributed by atoms with van der Waals surface area (Å²) in [5.74, 6) is -0.804. The van der Waals surface area contributed by atoms with Gasteiger partial charge in [-0.05, 0) is 38.1 Å². The maximum atomic E-state index is 12.9. The summed E-state index contributed by atoms with van der Waals surface area (Å²) >= 11 is 0. The van der Waals surface area contributed by atoms with Crippen molar-refractivity contribution in [3.05, 3.63) is 35.7 Å². The van der Waals surface area contributed by atoms with Gasteiger partial charge in [0.15, 0.2) is 0 Å². The van der Waals surface area contributed by atoms with Crippen LogP contribution in [0.4, 0.5) is 5.95 Å². The van der Waals surface area contributed by atoms with E-state index in [4.69, 9.17) is 9.47 Å². The molecule has 0 aliphatic carbocycles. The fourth-order valence-electron chi connectivity index (χ4n) is 2.23. The van der Waals surface area contributed by atoms with E-state index in [1.807, 2.05) is 0 Å². The summed E-state index contributed by atoms with van der Waals surface area (Å²) in [6.45, 7) is 5.42. The minimum Gasteiger partial charge on any atom is -0.464 e. The van der Waals surface area contributed by atoms with Crippen LogP contribution in [0.3, 0.4) is 0 Å². The SMILES string of the molecule is CCOC(=O)c1ccccc1S(=O)(=O)NC(=NOC)Nc1nc(C)nc(OCC)n1. The lowest BCUT2D eigenvalue weighted by molar-refractivity contribution is 0.0522. The van der Waals surface area contributed by atoms with Gasteiger partial charge in [-0.1, -0.05) is 12.1 Å². The number of rotatable bonds is 8. The zero-order chi connectivity index (χ0) is 22.1. The third kappa shape index (κ3) is 6.01. The van der Waals surface area contributed by atoms with Crippen LogP contribution in [0.2, 0.25) is 0 Å². The number of nitrogens with one attached hydrogen (secondary N) is 2. The second-order valence-electron chi connectivity index (χ2n) is 5.49. The smallest absolute Gasteiger partial charge is 0.339 e. The van der Waals surface area contributed by atoms with Crippen LogP contribution in [0.25, 0.3) is 0 Å². The van der Waals surface area contributed by atoms with Crippen molar-refractivity contribution in [1.82, 2.24) is 19.7 Å². The number of ether oxygens (including phenoxy) is 2. The maximum Gasteiger partial charge on any atom is 0.339 e. The Morgan fingerprint density at radius 1 is 1.13 bits per heavy atom. The molecule has 13 heteroatoms. The number of nitrogens with zero attached hydrogens (tertiary/aromatic N) is 4. The number of hydrogen-bond donors (Lipinski definition) is 2. The summed E-state index contributed by atoms with van der Waals surface area (Å²) < 4.78 is 38.2. The van der Waals surface area contributed by atoms with E-state index in [0.29, 0.717) is 12.4 Å². The van der Waals surface area contributed by atoms with E-state index in [1.54, 1.807) is 20.8 Å². The molecule has 162 valence electrons. The van der Waals surface area contributed by atoms with Crippen LogP contribution >= 0.6 is 0 Å². The van der Waals surface area contributed by atoms with E-state index in [0.717, 1.165) is 0 Å².